The van der Waals surface area contributed by atoms with Crippen molar-refractivity contribution in [3.63, 3.8) is 0 Å². The number of benzene rings is 4. The molecule has 0 atom stereocenters. The van der Waals surface area contributed by atoms with Gasteiger partial charge < -0.3 is 14.6 Å². The first-order valence-electron chi connectivity index (χ1n) is 15.9. The molecule has 1 aliphatic heterocycles. The highest BCUT2D eigenvalue weighted by molar-refractivity contribution is 6.30. The molecule has 6 rings (SSSR count). The van der Waals surface area contributed by atoms with E-state index in [1.165, 1.54) is 48.8 Å². The topological polar surface area (TPSA) is 41.9 Å². The van der Waals surface area contributed by atoms with Gasteiger partial charge in [0.15, 0.2) is 0 Å². The van der Waals surface area contributed by atoms with Crippen LogP contribution in [-0.4, -0.2) is 42.4 Å². The summed E-state index contributed by atoms with van der Waals surface area (Å²) >= 11 is 6.18. The molecule has 1 saturated heterocycles. The molecule has 1 aliphatic carbocycles. The van der Waals surface area contributed by atoms with E-state index in [0.29, 0.717) is 19.1 Å². The summed E-state index contributed by atoms with van der Waals surface area (Å²) in [5.74, 6) is 2.34. The van der Waals surface area contributed by atoms with Crippen LogP contribution in [0.2, 0.25) is 5.02 Å². The molecule has 0 aromatic heterocycles. The molecular weight excluding hydrogens is 554 g/mol. The predicted molar refractivity (Wildman–Crippen MR) is 176 cm³/mol. The highest BCUT2D eigenvalue weighted by atomic mass is 35.5. The molecule has 0 amide bonds. The van der Waals surface area contributed by atoms with Crippen LogP contribution in [-0.2, 0) is 6.61 Å². The van der Waals surface area contributed by atoms with Crippen molar-refractivity contribution < 1.29 is 14.6 Å². The van der Waals surface area contributed by atoms with E-state index in [-0.39, 0.29) is 6.10 Å². The minimum Gasteiger partial charge on any atom is -0.492 e. The van der Waals surface area contributed by atoms with Gasteiger partial charge in [-0.1, -0.05) is 85.5 Å². The number of hydrogen-bond donors (Lipinski definition) is 1. The van der Waals surface area contributed by atoms with Crippen molar-refractivity contribution in [1.29, 1.82) is 0 Å². The van der Waals surface area contributed by atoms with E-state index in [0.717, 1.165) is 65.7 Å². The lowest BCUT2D eigenvalue weighted by Gasteiger charge is -2.29. The summed E-state index contributed by atoms with van der Waals surface area (Å²) in [6, 6.07) is 31.6. The number of likely N-dealkylation sites (tertiary alicyclic amines) is 1. The number of halogens is 1. The van der Waals surface area contributed by atoms with Crippen LogP contribution in [0.25, 0.3) is 22.3 Å². The van der Waals surface area contributed by atoms with Gasteiger partial charge in [0.1, 0.15) is 24.7 Å². The summed E-state index contributed by atoms with van der Waals surface area (Å²) in [6.07, 6.45) is 8.13. The molecule has 224 valence electrons. The van der Waals surface area contributed by atoms with E-state index in [4.69, 9.17) is 21.1 Å². The minimum atomic E-state index is -0.159. The molecule has 0 radical (unpaired) electrons. The zero-order valence-corrected chi connectivity index (χ0v) is 25.6. The van der Waals surface area contributed by atoms with Gasteiger partial charge in [0.25, 0.3) is 0 Å². The molecule has 4 aromatic carbocycles. The summed E-state index contributed by atoms with van der Waals surface area (Å²) in [6.45, 7) is 3.74. The number of piperidine rings is 1. The van der Waals surface area contributed by atoms with Crippen LogP contribution in [0.4, 0.5) is 0 Å². The Morgan fingerprint density at radius 1 is 0.698 bits per heavy atom. The average molecular weight is 596 g/mol. The van der Waals surface area contributed by atoms with Gasteiger partial charge in [-0.15, -0.1) is 0 Å². The maximum Gasteiger partial charge on any atom is 0.119 e. The molecular formula is C38H42ClNO3. The number of nitrogens with zero attached hydrogens (tertiary/aromatic N) is 1. The molecule has 43 heavy (non-hydrogen) atoms. The molecule has 1 saturated carbocycles. The third kappa shape index (κ3) is 7.80. The molecule has 0 bridgehead atoms. The number of rotatable bonds is 10. The smallest absolute Gasteiger partial charge is 0.119 e. The first kappa shape index (κ1) is 29.7. The van der Waals surface area contributed by atoms with Gasteiger partial charge in [0, 0.05) is 30.2 Å². The Balaban J connectivity index is 1.15. The number of aliphatic hydroxyl groups is 1. The maximum absolute atomic E-state index is 9.78. The molecule has 0 unspecified atom stereocenters. The fraction of sp³-hybridized carbons (Fsp3) is 0.368. The Bertz CT molecular complexity index is 1460. The van der Waals surface area contributed by atoms with Gasteiger partial charge in [-0.3, -0.25) is 4.90 Å². The van der Waals surface area contributed by atoms with E-state index in [9.17, 15) is 5.11 Å². The van der Waals surface area contributed by atoms with Crippen molar-refractivity contribution in [1.82, 2.24) is 4.90 Å². The zero-order chi connectivity index (χ0) is 29.4. The Morgan fingerprint density at radius 2 is 1.37 bits per heavy atom. The molecule has 2 aliphatic rings. The van der Waals surface area contributed by atoms with Gasteiger partial charge in [-0.05, 0) is 95.8 Å². The third-order valence-electron chi connectivity index (χ3n) is 9.03. The van der Waals surface area contributed by atoms with Crippen LogP contribution in [0.3, 0.4) is 0 Å². The SMILES string of the molecule is OC1CCN(CCOc2ccc(-c3ccc(Cl)cc3)c(COc3ccc(-c4ccccc4C4CCCCC4)cc3)c2)CC1. The fourth-order valence-electron chi connectivity index (χ4n) is 6.55. The fourth-order valence-corrected chi connectivity index (χ4v) is 6.67. The second-order valence-corrected chi connectivity index (χ2v) is 12.4. The lowest BCUT2D eigenvalue weighted by atomic mass is 9.81. The molecule has 1 heterocycles. The molecule has 2 fully saturated rings. The van der Waals surface area contributed by atoms with E-state index in [1.807, 2.05) is 30.3 Å². The van der Waals surface area contributed by atoms with Gasteiger partial charge in [0.2, 0.25) is 0 Å². The lowest BCUT2D eigenvalue weighted by Crippen LogP contribution is -2.38. The van der Waals surface area contributed by atoms with Crippen LogP contribution in [0, 0.1) is 0 Å². The van der Waals surface area contributed by atoms with Gasteiger partial charge in [-0.2, -0.15) is 0 Å². The Kier molecular flexibility index (Phi) is 9.99. The van der Waals surface area contributed by atoms with Crippen molar-refractivity contribution >= 4 is 11.6 Å². The first-order chi connectivity index (χ1) is 21.1. The van der Waals surface area contributed by atoms with Gasteiger partial charge in [0.05, 0.1) is 6.10 Å². The molecule has 0 spiro atoms. The van der Waals surface area contributed by atoms with Crippen molar-refractivity contribution in [2.24, 2.45) is 0 Å². The standard InChI is InChI=1S/C38H42ClNO3/c39-32-14-10-29(11-15-32)36-19-18-35(42-25-24-40-22-20-33(41)21-23-40)26-31(36)27-43-34-16-12-30(13-17-34)38-9-5-4-8-37(38)28-6-2-1-3-7-28/h4-5,8-19,26,28,33,41H,1-3,6-7,20-25,27H2. The van der Waals surface area contributed by atoms with Crippen molar-refractivity contribution in [2.45, 2.75) is 63.6 Å². The van der Waals surface area contributed by atoms with Crippen molar-refractivity contribution in [2.75, 3.05) is 26.2 Å². The molecule has 1 N–H and O–H groups in total. The van der Waals surface area contributed by atoms with Crippen LogP contribution in [0.15, 0.2) is 91.0 Å². The summed E-state index contributed by atoms with van der Waals surface area (Å²) in [7, 11) is 0. The van der Waals surface area contributed by atoms with Crippen LogP contribution in [0.5, 0.6) is 11.5 Å². The van der Waals surface area contributed by atoms with E-state index in [2.05, 4.69) is 65.6 Å². The summed E-state index contributed by atoms with van der Waals surface area (Å²) in [5.41, 5.74) is 7.33. The Labute approximate surface area is 261 Å². The monoisotopic (exact) mass is 595 g/mol. The Hall–Kier alpha value is -3.31. The summed E-state index contributed by atoms with van der Waals surface area (Å²) in [5, 5.41) is 10.5. The van der Waals surface area contributed by atoms with E-state index in [1.54, 1.807) is 0 Å². The first-order valence-corrected chi connectivity index (χ1v) is 16.2. The minimum absolute atomic E-state index is 0.159. The maximum atomic E-state index is 9.78. The Morgan fingerprint density at radius 3 is 2.14 bits per heavy atom. The highest BCUT2D eigenvalue weighted by Crippen LogP contribution is 2.38. The van der Waals surface area contributed by atoms with Crippen LogP contribution >= 0.6 is 11.6 Å². The number of hydrogen-bond acceptors (Lipinski definition) is 4. The van der Waals surface area contributed by atoms with Gasteiger partial charge >= 0.3 is 0 Å². The average Bonchev–Trinajstić information content (AvgIpc) is 3.06. The molecule has 4 aromatic rings. The summed E-state index contributed by atoms with van der Waals surface area (Å²) < 4.78 is 12.5. The quantitative estimate of drug-likeness (QED) is 0.198. The lowest BCUT2D eigenvalue weighted by molar-refractivity contribution is 0.0755. The second-order valence-electron chi connectivity index (χ2n) is 12.0. The van der Waals surface area contributed by atoms with Crippen LogP contribution < -0.4 is 9.47 Å². The zero-order valence-electron chi connectivity index (χ0n) is 24.9. The predicted octanol–water partition coefficient (Wildman–Crippen LogP) is 9.14. The molecule has 4 nitrogen and oxygen atoms in total. The van der Waals surface area contributed by atoms with E-state index < -0.39 is 0 Å². The van der Waals surface area contributed by atoms with Gasteiger partial charge in [-0.25, -0.2) is 0 Å². The third-order valence-corrected chi connectivity index (χ3v) is 9.28. The van der Waals surface area contributed by atoms with Crippen LogP contribution in [0.1, 0.15) is 62.0 Å². The highest BCUT2D eigenvalue weighted by Gasteiger charge is 2.19. The summed E-state index contributed by atoms with van der Waals surface area (Å²) in [4.78, 5) is 2.36. The second kappa shape index (κ2) is 14.4. The van der Waals surface area contributed by atoms with Crippen molar-refractivity contribution in [3.8, 4) is 33.8 Å². The number of ether oxygens (including phenoxy) is 2. The van der Waals surface area contributed by atoms with E-state index >= 15 is 0 Å². The normalized spacial score (nSPS) is 16.7. The van der Waals surface area contributed by atoms with Crippen molar-refractivity contribution in [3.05, 3.63) is 107 Å². The number of aliphatic hydroxyl groups excluding tert-OH is 1. The largest absolute Gasteiger partial charge is 0.492 e. The molecule has 5 heteroatoms.